The molecule has 0 aliphatic rings. The van der Waals surface area contributed by atoms with Gasteiger partial charge >= 0.3 is 0 Å². The first kappa shape index (κ1) is 11.6. The molecule has 0 bridgehead atoms. The summed E-state index contributed by atoms with van der Waals surface area (Å²) in [4.78, 5) is 0. The number of hydrogen-bond acceptors (Lipinski definition) is 3. The smallest absolute Gasteiger partial charge is 0.148 e. The number of para-hydroxylation sites is 2. The van der Waals surface area contributed by atoms with Crippen LogP contribution >= 0.6 is 0 Å². The van der Waals surface area contributed by atoms with Gasteiger partial charge in [0.05, 0.1) is 17.6 Å². The number of benzene rings is 2. The molecule has 0 fully saturated rings. The molecule has 3 aromatic rings. The highest BCUT2D eigenvalue weighted by atomic mass is 19.1. The maximum atomic E-state index is 13.6. The number of furan rings is 1. The van der Waals surface area contributed by atoms with E-state index in [2.05, 4.69) is 5.32 Å². The van der Waals surface area contributed by atoms with E-state index in [0.717, 1.165) is 16.5 Å². The Bertz CT molecular complexity index is 701. The molecule has 0 amide bonds. The number of nitrogen functional groups attached to an aromatic ring is 1. The summed E-state index contributed by atoms with van der Waals surface area (Å²) in [6, 6.07) is 12.4. The molecule has 1 aromatic heterocycles. The van der Waals surface area contributed by atoms with E-state index in [1.54, 1.807) is 18.4 Å². The molecule has 2 aromatic carbocycles. The molecule has 0 radical (unpaired) electrons. The fourth-order valence-corrected chi connectivity index (χ4v) is 2.08. The zero-order valence-electron chi connectivity index (χ0n) is 10.2. The second-order valence-electron chi connectivity index (χ2n) is 4.31. The lowest BCUT2D eigenvalue weighted by molar-refractivity contribution is 0.610. The second kappa shape index (κ2) is 4.65. The first-order valence-electron chi connectivity index (χ1n) is 5.98. The Kier molecular flexibility index (Phi) is 2.83. The zero-order chi connectivity index (χ0) is 13.2. The fourth-order valence-electron chi connectivity index (χ4n) is 2.08. The lowest BCUT2D eigenvalue weighted by Crippen LogP contribution is -2.04. The number of halogens is 1. The first-order valence-corrected chi connectivity index (χ1v) is 5.98. The number of hydrogen-bond donors (Lipinski definition) is 2. The van der Waals surface area contributed by atoms with Gasteiger partial charge in [0.2, 0.25) is 0 Å². The molecule has 4 heteroatoms. The second-order valence-corrected chi connectivity index (χ2v) is 4.31. The molecule has 0 aliphatic heterocycles. The summed E-state index contributed by atoms with van der Waals surface area (Å²) in [7, 11) is 0. The van der Waals surface area contributed by atoms with Crippen molar-refractivity contribution in [1.29, 1.82) is 0 Å². The van der Waals surface area contributed by atoms with E-state index in [-0.39, 0.29) is 5.82 Å². The molecular formula is C15H13FN2O. The minimum absolute atomic E-state index is 0.327. The maximum Gasteiger partial charge on any atom is 0.148 e. The van der Waals surface area contributed by atoms with E-state index in [1.165, 1.54) is 6.07 Å². The number of nitrogens with one attached hydrogen (secondary N) is 1. The average Bonchev–Trinajstić information content (AvgIpc) is 2.82. The van der Waals surface area contributed by atoms with Crippen LogP contribution in [0.15, 0.2) is 53.1 Å². The summed E-state index contributed by atoms with van der Waals surface area (Å²) < 4.78 is 19.1. The van der Waals surface area contributed by atoms with Gasteiger partial charge in [0.25, 0.3) is 0 Å². The summed E-state index contributed by atoms with van der Waals surface area (Å²) >= 11 is 0. The number of fused-ring (bicyclic) bond motifs is 1. The highest BCUT2D eigenvalue weighted by Crippen LogP contribution is 2.25. The van der Waals surface area contributed by atoms with E-state index in [1.807, 2.05) is 24.3 Å². The summed E-state index contributed by atoms with van der Waals surface area (Å²) in [5.74, 6) is -0.354. The van der Waals surface area contributed by atoms with Crippen LogP contribution in [0.25, 0.3) is 11.0 Å². The van der Waals surface area contributed by atoms with Gasteiger partial charge in [-0.05, 0) is 18.2 Å². The monoisotopic (exact) mass is 256 g/mol. The van der Waals surface area contributed by atoms with Crippen molar-refractivity contribution in [2.24, 2.45) is 0 Å². The van der Waals surface area contributed by atoms with Gasteiger partial charge in [0.1, 0.15) is 11.4 Å². The molecule has 0 aliphatic carbocycles. The predicted molar refractivity (Wildman–Crippen MR) is 74.4 cm³/mol. The molecule has 0 unspecified atom stereocenters. The van der Waals surface area contributed by atoms with Crippen LogP contribution in [0.4, 0.5) is 15.8 Å². The van der Waals surface area contributed by atoms with Crippen LogP contribution in [0.5, 0.6) is 0 Å². The molecule has 3 nitrogen and oxygen atoms in total. The largest absolute Gasteiger partial charge is 0.464 e. The third-order valence-corrected chi connectivity index (χ3v) is 3.06. The molecule has 1 heterocycles. The lowest BCUT2D eigenvalue weighted by Gasteiger charge is -2.09. The Morgan fingerprint density at radius 1 is 1.11 bits per heavy atom. The highest BCUT2D eigenvalue weighted by molar-refractivity contribution is 5.81. The summed E-state index contributed by atoms with van der Waals surface area (Å²) in [5.41, 5.74) is 8.26. The minimum atomic E-state index is -0.354. The van der Waals surface area contributed by atoms with Crippen molar-refractivity contribution in [2.75, 3.05) is 11.1 Å². The standard InChI is InChI=1S/C15H13FN2O/c16-12-5-3-6-13(17)15(12)18-8-10-9-19-14-7-2-1-4-11(10)14/h1-7,9,18H,8,17H2. The van der Waals surface area contributed by atoms with Crippen LogP contribution in [-0.2, 0) is 6.54 Å². The topological polar surface area (TPSA) is 51.2 Å². The van der Waals surface area contributed by atoms with Crippen LogP contribution in [-0.4, -0.2) is 0 Å². The van der Waals surface area contributed by atoms with Crippen LogP contribution in [0.3, 0.4) is 0 Å². The van der Waals surface area contributed by atoms with Gasteiger partial charge in [-0.2, -0.15) is 0 Å². The van der Waals surface area contributed by atoms with E-state index < -0.39 is 0 Å². The molecule has 3 N–H and O–H groups in total. The normalized spacial score (nSPS) is 10.8. The van der Waals surface area contributed by atoms with E-state index in [4.69, 9.17) is 10.2 Å². The Morgan fingerprint density at radius 3 is 2.79 bits per heavy atom. The van der Waals surface area contributed by atoms with Crippen molar-refractivity contribution in [1.82, 2.24) is 0 Å². The Balaban J connectivity index is 1.87. The Morgan fingerprint density at radius 2 is 1.95 bits per heavy atom. The summed E-state index contributed by atoms with van der Waals surface area (Å²) in [5, 5.41) is 4.03. The molecule has 0 spiro atoms. The molecule has 0 saturated heterocycles. The maximum absolute atomic E-state index is 13.6. The van der Waals surface area contributed by atoms with Crippen LogP contribution < -0.4 is 11.1 Å². The Hall–Kier alpha value is -2.49. The average molecular weight is 256 g/mol. The SMILES string of the molecule is Nc1cccc(F)c1NCc1coc2ccccc12. The third-order valence-electron chi connectivity index (χ3n) is 3.06. The number of nitrogens with two attached hydrogens (primary N) is 1. The third kappa shape index (κ3) is 2.12. The number of anilines is 2. The number of rotatable bonds is 3. The summed E-state index contributed by atoms with van der Waals surface area (Å²) in [6.07, 6.45) is 1.68. The van der Waals surface area contributed by atoms with Gasteiger partial charge < -0.3 is 15.5 Å². The van der Waals surface area contributed by atoms with Gasteiger partial charge in [0, 0.05) is 17.5 Å². The van der Waals surface area contributed by atoms with Crippen molar-refractivity contribution in [2.45, 2.75) is 6.54 Å². The van der Waals surface area contributed by atoms with Crippen molar-refractivity contribution in [3.63, 3.8) is 0 Å². The van der Waals surface area contributed by atoms with Crippen molar-refractivity contribution >= 4 is 22.3 Å². The van der Waals surface area contributed by atoms with Crippen molar-refractivity contribution in [3.05, 3.63) is 60.1 Å². The van der Waals surface area contributed by atoms with Crippen LogP contribution in [0, 0.1) is 5.82 Å². The predicted octanol–water partition coefficient (Wildman–Crippen LogP) is 3.77. The fraction of sp³-hybridized carbons (Fsp3) is 0.0667. The van der Waals surface area contributed by atoms with E-state index in [9.17, 15) is 4.39 Å². The molecule has 0 atom stereocenters. The van der Waals surface area contributed by atoms with Gasteiger partial charge in [0.15, 0.2) is 0 Å². The quantitative estimate of drug-likeness (QED) is 0.701. The van der Waals surface area contributed by atoms with Gasteiger partial charge in [-0.3, -0.25) is 0 Å². The molecular weight excluding hydrogens is 243 g/mol. The molecule has 19 heavy (non-hydrogen) atoms. The Labute approximate surface area is 109 Å². The summed E-state index contributed by atoms with van der Waals surface area (Å²) in [6.45, 7) is 0.460. The minimum Gasteiger partial charge on any atom is -0.464 e. The van der Waals surface area contributed by atoms with Gasteiger partial charge in [-0.1, -0.05) is 24.3 Å². The zero-order valence-corrected chi connectivity index (χ0v) is 10.2. The van der Waals surface area contributed by atoms with Gasteiger partial charge in [-0.25, -0.2) is 4.39 Å². The van der Waals surface area contributed by atoms with E-state index >= 15 is 0 Å². The first-order chi connectivity index (χ1) is 9.25. The van der Waals surface area contributed by atoms with Crippen LogP contribution in [0.1, 0.15) is 5.56 Å². The van der Waals surface area contributed by atoms with Crippen LogP contribution in [0.2, 0.25) is 0 Å². The highest BCUT2D eigenvalue weighted by Gasteiger charge is 2.08. The van der Waals surface area contributed by atoms with Crippen molar-refractivity contribution < 1.29 is 8.81 Å². The lowest BCUT2D eigenvalue weighted by atomic mass is 10.1. The molecule has 0 saturated carbocycles. The molecule has 3 rings (SSSR count). The van der Waals surface area contributed by atoms with Gasteiger partial charge in [-0.15, -0.1) is 0 Å². The van der Waals surface area contributed by atoms with Crippen molar-refractivity contribution in [3.8, 4) is 0 Å². The van der Waals surface area contributed by atoms with E-state index in [0.29, 0.717) is 17.9 Å². The molecule has 96 valence electrons.